The second kappa shape index (κ2) is 6.68. The Morgan fingerprint density at radius 2 is 2.38 bits per heavy atom. The van der Waals surface area contributed by atoms with Gasteiger partial charge in [0.05, 0.1) is 0 Å². The Balaban J connectivity index is 2.52. The summed E-state index contributed by atoms with van der Waals surface area (Å²) in [4.78, 5) is 4.27. The molecular weight excluding hydrogens is 222 g/mol. The molecular formula is C11H21N3OS. The topological polar surface area (TPSA) is 46.9 Å². The Hall–Kier alpha value is -0.840. The van der Waals surface area contributed by atoms with E-state index in [1.807, 2.05) is 13.1 Å². The Morgan fingerprint density at radius 1 is 1.62 bits per heavy atom. The monoisotopic (exact) mass is 243 g/mol. The minimum atomic E-state index is -0.769. The molecule has 1 rings (SSSR count). The maximum atomic E-state index is 11.1. The van der Waals surface area contributed by atoms with Crippen LogP contribution in [0.25, 0.3) is 0 Å². The first-order valence-corrected chi connectivity index (χ1v) is 7.44. The molecule has 1 aromatic heterocycles. The third kappa shape index (κ3) is 4.35. The third-order valence-corrected chi connectivity index (χ3v) is 3.30. The maximum absolute atomic E-state index is 11.1. The lowest BCUT2D eigenvalue weighted by Crippen LogP contribution is -2.24. The summed E-state index contributed by atoms with van der Waals surface area (Å²) in [5, 5.41) is 3.29. The molecule has 0 aliphatic rings. The second-order valence-electron chi connectivity index (χ2n) is 4.08. The molecule has 0 saturated heterocycles. The van der Waals surface area contributed by atoms with E-state index in [9.17, 15) is 4.21 Å². The standard InChI is InChI=1S/C11H21N3OS/c1-4-5-7-14-8-6-12-11(14)13-10(2)9-16(3)15/h6,8,10H,4-5,7,9H2,1-3H3,(H,12,13). The van der Waals surface area contributed by atoms with E-state index in [0.29, 0.717) is 5.75 Å². The molecule has 0 spiro atoms. The van der Waals surface area contributed by atoms with E-state index in [0.717, 1.165) is 18.9 Å². The van der Waals surface area contributed by atoms with Gasteiger partial charge >= 0.3 is 0 Å². The number of aromatic nitrogens is 2. The number of imidazole rings is 1. The molecule has 0 aromatic carbocycles. The highest BCUT2D eigenvalue weighted by atomic mass is 32.2. The van der Waals surface area contributed by atoms with E-state index < -0.39 is 10.8 Å². The van der Waals surface area contributed by atoms with E-state index in [1.165, 1.54) is 6.42 Å². The van der Waals surface area contributed by atoms with E-state index in [-0.39, 0.29) is 6.04 Å². The minimum absolute atomic E-state index is 0.189. The number of hydrogen-bond donors (Lipinski definition) is 1. The summed E-state index contributed by atoms with van der Waals surface area (Å²) >= 11 is 0. The molecule has 0 radical (unpaired) electrons. The van der Waals surface area contributed by atoms with E-state index >= 15 is 0 Å². The smallest absolute Gasteiger partial charge is 0.203 e. The molecule has 0 aliphatic heterocycles. The molecule has 1 N–H and O–H groups in total. The van der Waals surface area contributed by atoms with Gasteiger partial charge in [-0.1, -0.05) is 13.3 Å². The van der Waals surface area contributed by atoms with Crippen molar-refractivity contribution in [3.8, 4) is 0 Å². The highest BCUT2D eigenvalue weighted by Gasteiger charge is 2.08. The molecule has 16 heavy (non-hydrogen) atoms. The van der Waals surface area contributed by atoms with Gasteiger partial charge in [0.15, 0.2) is 0 Å². The van der Waals surface area contributed by atoms with Crippen LogP contribution in [0.2, 0.25) is 0 Å². The normalized spacial score (nSPS) is 14.7. The van der Waals surface area contributed by atoms with Crippen molar-refractivity contribution in [2.75, 3.05) is 17.3 Å². The summed E-state index contributed by atoms with van der Waals surface area (Å²) in [6, 6.07) is 0.189. The molecule has 2 unspecified atom stereocenters. The van der Waals surface area contributed by atoms with Crippen molar-refractivity contribution < 1.29 is 4.21 Å². The van der Waals surface area contributed by atoms with Crippen LogP contribution in [0, 0.1) is 0 Å². The van der Waals surface area contributed by atoms with Crippen molar-refractivity contribution in [1.82, 2.24) is 9.55 Å². The Labute approximate surface area is 99.9 Å². The van der Waals surface area contributed by atoms with Crippen LogP contribution in [-0.4, -0.2) is 31.8 Å². The van der Waals surface area contributed by atoms with E-state index in [2.05, 4.69) is 21.8 Å². The van der Waals surface area contributed by atoms with Gasteiger partial charge in [-0.15, -0.1) is 0 Å². The molecule has 4 nitrogen and oxygen atoms in total. The van der Waals surface area contributed by atoms with E-state index in [4.69, 9.17) is 0 Å². The van der Waals surface area contributed by atoms with Crippen LogP contribution >= 0.6 is 0 Å². The third-order valence-electron chi connectivity index (χ3n) is 2.33. The number of nitrogens with zero attached hydrogens (tertiary/aromatic N) is 2. The first-order chi connectivity index (χ1) is 7.63. The first-order valence-electron chi connectivity index (χ1n) is 5.71. The quantitative estimate of drug-likeness (QED) is 0.795. The number of anilines is 1. The van der Waals surface area contributed by atoms with Gasteiger partial charge < -0.3 is 9.88 Å². The summed E-state index contributed by atoms with van der Waals surface area (Å²) in [6.07, 6.45) is 7.83. The van der Waals surface area contributed by atoms with Gasteiger partial charge in [-0.3, -0.25) is 4.21 Å². The van der Waals surface area contributed by atoms with Crippen molar-refractivity contribution in [2.45, 2.75) is 39.3 Å². The fourth-order valence-corrected chi connectivity index (χ4v) is 2.36. The van der Waals surface area contributed by atoms with Crippen LogP contribution in [0.3, 0.4) is 0 Å². The summed E-state index contributed by atoms with van der Waals surface area (Å²) in [6.45, 7) is 5.19. The maximum Gasteiger partial charge on any atom is 0.203 e. The van der Waals surface area contributed by atoms with Crippen molar-refractivity contribution >= 4 is 16.7 Å². The predicted octanol–water partition coefficient (Wildman–Crippen LogP) is 1.86. The average Bonchev–Trinajstić information content (AvgIpc) is 2.61. The second-order valence-corrected chi connectivity index (χ2v) is 5.56. The molecule has 2 atom stereocenters. The average molecular weight is 243 g/mol. The summed E-state index contributed by atoms with van der Waals surface area (Å²) < 4.78 is 13.2. The van der Waals surface area contributed by atoms with Gasteiger partial charge in [-0.05, 0) is 13.3 Å². The fraction of sp³-hybridized carbons (Fsp3) is 0.727. The van der Waals surface area contributed by atoms with Gasteiger partial charge in [-0.2, -0.15) is 0 Å². The lowest BCUT2D eigenvalue weighted by atomic mass is 10.3. The van der Waals surface area contributed by atoms with Crippen LogP contribution in [0.15, 0.2) is 12.4 Å². The molecule has 0 fully saturated rings. The van der Waals surface area contributed by atoms with Crippen LogP contribution in [0.1, 0.15) is 26.7 Å². The van der Waals surface area contributed by atoms with Gasteiger partial charge in [-0.25, -0.2) is 4.98 Å². The highest BCUT2D eigenvalue weighted by Crippen LogP contribution is 2.08. The Morgan fingerprint density at radius 3 is 3.00 bits per heavy atom. The molecule has 5 heteroatoms. The first kappa shape index (κ1) is 13.2. The zero-order valence-electron chi connectivity index (χ0n) is 10.3. The number of aryl methyl sites for hydroxylation is 1. The zero-order valence-corrected chi connectivity index (χ0v) is 11.1. The Kier molecular flexibility index (Phi) is 5.52. The summed E-state index contributed by atoms with van der Waals surface area (Å²) in [7, 11) is -0.769. The number of unbranched alkanes of at least 4 members (excludes halogenated alkanes) is 1. The molecule has 0 aliphatic carbocycles. The Bertz CT molecular complexity index is 338. The largest absolute Gasteiger partial charge is 0.352 e. The molecule has 92 valence electrons. The lowest BCUT2D eigenvalue weighted by molar-refractivity contribution is 0.631. The SMILES string of the molecule is CCCCn1ccnc1NC(C)CS(C)=O. The summed E-state index contributed by atoms with van der Waals surface area (Å²) in [5.41, 5.74) is 0. The highest BCUT2D eigenvalue weighted by molar-refractivity contribution is 7.84. The molecule has 0 bridgehead atoms. The number of hydrogen-bond acceptors (Lipinski definition) is 3. The van der Waals surface area contributed by atoms with Gasteiger partial charge in [0, 0.05) is 47.8 Å². The van der Waals surface area contributed by atoms with Crippen LogP contribution in [0.4, 0.5) is 5.95 Å². The van der Waals surface area contributed by atoms with Crippen molar-refractivity contribution in [3.63, 3.8) is 0 Å². The van der Waals surface area contributed by atoms with Crippen LogP contribution in [0.5, 0.6) is 0 Å². The predicted molar refractivity (Wildman–Crippen MR) is 69.2 cm³/mol. The molecule has 0 amide bonds. The number of nitrogens with one attached hydrogen (secondary N) is 1. The zero-order chi connectivity index (χ0) is 12.0. The number of rotatable bonds is 7. The molecule has 0 saturated carbocycles. The van der Waals surface area contributed by atoms with Crippen LogP contribution < -0.4 is 5.32 Å². The van der Waals surface area contributed by atoms with Gasteiger partial charge in [0.2, 0.25) is 5.95 Å². The van der Waals surface area contributed by atoms with Crippen molar-refractivity contribution in [1.29, 1.82) is 0 Å². The molecule has 1 aromatic rings. The fourth-order valence-electron chi connectivity index (χ4n) is 1.57. The van der Waals surface area contributed by atoms with Gasteiger partial charge in [0.1, 0.15) is 0 Å². The van der Waals surface area contributed by atoms with Gasteiger partial charge in [0.25, 0.3) is 0 Å². The minimum Gasteiger partial charge on any atom is -0.352 e. The van der Waals surface area contributed by atoms with E-state index in [1.54, 1.807) is 12.5 Å². The van der Waals surface area contributed by atoms with Crippen molar-refractivity contribution in [2.24, 2.45) is 0 Å². The van der Waals surface area contributed by atoms with Crippen LogP contribution in [-0.2, 0) is 17.3 Å². The van der Waals surface area contributed by atoms with Crippen molar-refractivity contribution in [3.05, 3.63) is 12.4 Å². The summed E-state index contributed by atoms with van der Waals surface area (Å²) in [5.74, 6) is 1.53. The molecule has 1 heterocycles. The lowest BCUT2D eigenvalue weighted by Gasteiger charge is -2.14.